The number of aromatic nitrogens is 6. The summed E-state index contributed by atoms with van der Waals surface area (Å²) in [4.78, 5) is 1.48. The zero-order valence-corrected chi connectivity index (χ0v) is 10.8. The Hall–Kier alpha value is -2.77. The van der Waals surface area contributed by atoms with Gasteiger partial charge in [-0.1, -0.05) is 35.5 Å². The highest BCUT2D eigenvalue weighted by molar-refractivity contribution is 5.52. The molecule has 2 aromatic heterocycles. The van der Waals surface area contributed by atoms with Crippen molar-refractivity contribution < 1.29 is 9.37 Å². The summed E-state index contributed by atoms with van der Waals surface area (Å²) in [6.45, 7) is 2.58. The molecule has 1 aromatic carbocycles. The summed E-state index contributed by atoms with van der Waals surface area (Å²) in [5.41, 5.74) is 1.54. The van der Waals surface area contributed by atoms with E-state index in [4.69, 9.17) is 4.74 Å². The van der Waals surface area contributed by atoms with Gasteiger partial charge in [0.15, 0.2) is 0 Å². The first-order chi connectivity index (χ1) is 9.83. The van der Waals surface area contributed by atoms with Crippen molar-refractivity contribution in [3.8, 4) is 17.3 Å². The third-order valence-electron chi connectivity index (χ3n) is 2.63. The van der Waals surface area contributed by atoms with E-state index in [0.29, 0.717) is 30.5 Å². The lowest BCUT2D eigenvalue weighted by Crippen LogP contribution is -2.11. The molecule has 0 amide bonds. The van der Waals surface area contributed by atoms with Crippen LogP contribution in [0.3, 0.4) is 0 Å². The normalized spacial score (nSPS) is 10.7. The van der Waals surface area contributed by atoms with Crippen LogP contribution in [-0.2, 0) is 6.54 Å². The number of benzene rings is 1. The number of hydrogen-bond donors (Lipinski definition) is 0. The van der Waals surface area contributed by atoms with E-state index in [0.717, 1.165) is 5.56 Å². The van der Waals surface area contributed by atoms with E-state index in [-0.39, 0.29) is 0 Å². The Kier molecular flexibility index (Phi) is 3.36. The Morgan fingerprint density at radius 1 is 1.20 bits per heavy atom. The second-order valence-electron chi connectivity index (χ2n) is 4.08. The number of hydrogen-bond acceptors (Lipinski definition) is 7. The van der Waals surface area contributed by atoms with Gasteiger partial charge < -0.3 is 4.74 Å². The Bertz CT molecular complexity index is 678. The van der Waals surface area contributed by atoms with Gasteiger partial charge in [0, 0.05) is 5.56 Å². The zero-order valence-electron chi connectivity index (χ0n) is 10.8. The van der Waals surface area contributed by atoms with Gasteiger partial charge in [-0.05, 0) is 17.3 Å². The van der Waals surface area contributed by atoms with E-state index in [9.17, 15) is 0 Å². The number of aryl methyl sites for hydroxylation is 1. The maximum atomic E-state index is 5.40. The lowest BCUT2D eigenvalue weighted by molar-refractivity contribution is 0.239. The van der Waals surface area contributed by atoms with E-state index in [2.05, 4.69) is 30.4 Å². The van der Waals surface area contributed by atoms with Gasteiger partial charge in [0.25, 0.3) is 5.88 Å². The summed E-state index contributed by atoms with van der Waals surface area (Å²) in [7, 11) is 0. The van der Waals surface area contributed by atoms with Crippen molar-refractivity contribution in [1.29, 1.82) is 0 Å². The third kappa shape index (κ3) is 2.63. The molecular formula is C12H12N6O2. The molecule has 102 valence electrons. The summed E-state index contributed by atoms with van der Waals surface area (Å²) in [5, 5.41) is 19.5. The molecular weight excluding hydrogens is 260 g/mol. The molecule has 0 aliphatic carbocycles. The first-order valence-electron chi connectivity index (χ1n) is 6.08. The van der Waals surface area contributed by atoms with Gasteiger partial charge in [-0.3, -0.25) is 0 Å². The number of tetrazole rings is 1. The fourth-order valence-corrected chi connectivity index (χ4v) is 1.62. The molecule has 0 radical (unpaired) electrons. The van der Waals surface area contributed by atoms with Gasteiger partial charge in [0.05, 0.1) is 6.54 Å². The molecule has 3 aromatic rings. The largest absolute Gasteiger partial charge is 0.472 e. The predicted molar refractivity (Wildman–Crippen MR) is 67.8 cm³/mol. The van der Waals surface area contributed by atoms with Crippen molar-refractivity contribution >= 4 is 0 Å². The zero-order chi connectivity index (χ0) is 13.8. The summed E-state index contributed by atoms with van der Waals surface area (Å²) in [6, 6.07) is 9.67. The van der Waals surface area contributed by atoms with Crippen LogP contribution in [0.1, 0.15) is 5.69 Å². The van der Waals surface area contributed by atoms with Crippen LogP contribution in [-0.4, -0.2) is 37.1 Å². The van der Waals surface area contributed by atoms with Crippen LogP contribution in [0.25, 0.3) is 11.4 Å². The van der Waals surface area contributed by atoms with Crippen LogP contribution >= 0.6 is 0 Å². The predicted octanol–water partition coefficient (Wildman–Crippen LogP) is 1.11. The Labute approximate surface area is 114 Å². The van der Waals surface area contributed by atoms with E-state index >= 15 is 0 Å². The van der Waals surface area contributed by atoms with Crippen LogP contribution in [0, 0.1) is 6.92 Å². The molecule has 0 aliphatic rings. The molecule has 0 saturated heterocycles. The second kappa shape index (κ2) is 5.47. The summed E-state index contributed by atoms with van der Waals surface area (Å²) in [6.07, 6.45) is 0. The van der Waals surface area contributed by atoms with Crippen molar-refractivity contribution in [3.05, 3.63) is 36.0 Å². The molecule has 0 bridgehead atoms. The minimum atomic E-state index is 0.361. The van der Waals surface area contributed by atoms with Crippen LogP contribution in [0.5, 0.6) is 5.88 Å². The topological polar surface area (TPSA) is 91.8 Å². The Balaban J connectivity index is 1.59. The van der Waals surface area contributed by atoms with E-state index in [1.807, 2.05) is 30.3 Å². The van der Waals surface area contributed by atoms with Gasteiger partial charge in [0.1, 0.15) is 12.3 Å². The summed E-state index contributed by atoms with van der Waals surface area (Å²) in [5.74, 6) is 0.971. The van der Waals surface area contributed by atoms with Crippen molar-refractivity contribution in [2.45, 2.75) is 13.5 Å². The standard InChI is InChI=1S/C12H12N6O2/c1-9-12(16-20-15-9)19-8-7-18-14-11(13-17-18)10-5-3-2-4-6-10/h2-6H,7-8H2,1H3. The van der Waals surface area contributed by atoms with E-state index < -0.39 is 0 Å². The van der Waals surface area contributed by atoms with Crippen molar-refractivity contribution in [1.82, 2.24) is 30.5 Å². The minimum Gasteiger partial charge on any atom is -0.472 e. The smallest absolute Gasteiger partial charge is 0.278 e. The highest BCUT2D eigenvalue weighted by Gasteiger charge is 2.08. The highest BCUT2D eigenvalue weighted by Crippen LogP contribution is 2.12. The van der Waals surface area contributed by atoms with Crippen LogP contribution in [0.15, 0.2) is 35.0 Å². The lowest BCUT2D eigenvalue weighted by Gasteiger charge is -2.00. The molecule has 8 heteroatoms. The SMILES string of the molecule is Cc1nonc1OCCn1nnc(-c2ccccc2)n1. The summed E-state index contributed by atoms with van der Waals surface area (Å²) < 4.78 is 9.93. The second-order valence-corrected chi connectivity index (χ2v) is 4.08. The highest BCUT2D eigenvalue weighted by atomic mass is 16.6. The summed E-state index contributed by atoms with van der Waals surface area (Å²) >= 11 is 0. The molecule has 3 rings (SSSR count). The minimum absolute atomic E-state index is 0.361. The van der Waals surface area contributed by atoms with Gasteiger partial charge in [-0.15, -0.1) is 10.2 Å². The van der Waals surface area contributed by atoms with Gasteiger partial charge in [0.2, 0.25) is 5.82 Å². The van der Waals surface area contributed by atoms with Crippen LogP contribution in [0.4, 0.5) is 0 Å². The van der Waals surface area contributed by atoms with Crippen molar-refractivity contribution in [2.75, 3.05) is 6.61 Å². The molecule has 20 heavy (non-hydrogen) atoms. The average molecular weight is 272 g/mol. The van der Waals surface area contributed by atoms with Crippen molar-refractivity contribution in [3.63, 3.8) is 0 Å². The molecule has 0 N–H and O–H groups in total. The lowest BCUT2D eigenvalue weighted by atomic mass is 10.2. The Morgan fingerprint density at radius 3 is 2.80 bits per heavy atom. The number of rotatable bonds is 5. The quantitative estimate of drug-likeness (QED) is 0.686. The molecule has 0 unspecified atom stereocenters. The maximum absolute atomic E-state index is 5.40. The van der Waals surface area contributed by atoms with Gasteiger partial charge in [-0.25, -0.2) is 4.63 Å². The van der Waals surface area contributed by atoms with E-state index in [1.165, 1.54) is 4.80 Å². The molecule has 0 aliphatic heterocycles. The fraction of sp³-hybridized carbons (Fsp3) is 0.250. The molecule has 0 fully saturated rings. The first kappa shape index (κ1) is 12.3. The van der Waals surface area contributed by atoms with Crippen LogP contribution in [0.2, 0.25) is 0 Å². The molecule has 0 atom stereocenters. The molecule has 0 spiro atoms. The number of nitrogens with zero attached hydrogens (tertiary/aromatic N) is 6. The van der Waals surface area contributed by atoms with E-state index in [1.54, 1.807) is 6.92 Å². The van der Waals surface area contributed by atoms with Crippen molar-refractivity contribution in [2.24, 2.45) is 0 Å². The average Bonchev–Trinajstić information content (AvgIpc) is 3.10. The number of ether oxygens (including phenoxy) is 1. The van der Waals surface area contributed by atoms with Gasteiger partial charge in [-0.2, -0.15) is 4.80 Å². The monoisotopic (exact) mass is 272 g/mol. The maximum Gasteiger partial charge on any atom is 0.278 e. The molecule has 0 saturated carbocycles. The van der Waals surface area contributed by atoms with Crippen LogP contribution < -0.4 is 4.74 Å². The molecule has 8 nitrogen and oxygen atoms in total. The van der Waals surface area contributed by atoms with Gasteiger partial charge >= 0.3 is 0 Å². The Morgan fingerprint density at radius 2 is 2.05 bits per heavy atom. The third-order valence-corrected chi connectivity index (χ3v) is 2.63. The molecule has 2 heterocycles. The first-order valence-corrected chi connectivity index (χ1v) is 6.08. The fourth-order valence-electron chi connectivity index (χ4n) is 1.62.